The van der Waals surface area contributed by atoms with E-state index in [1.807, 2.05) is 0 Å². The number of nitrogens with zero attached hydrogens (tertiary/aromatic N) is 1. The van der Waals surface area contributed by atoms with Crippen molar-refractivity contribution < 1.29 is 37.0 Å². The Labute approximate surface area is 201 Å². The van der Waals surface area contributed by atoms with Gasteiger partial charge in [-0.1, -0.05) is 24.3 Å². The SMILES string of the molecule is COC(=O)c1cccc(CN2C(=O)CC(c3ccc(C(F)(F)F)cc3)C(C(=O)OC(C)C)=C2C)c1. The fourth-order valence-corrected chi connectivity index (χ4v) is 4.03. The lowest BCUT2D eigenvalue weighted by atomic mass is 9.83. The molecule has 0 aliphatic carbocycles. The van der Waals surface area contributed by atoms with Crippen molar-refractivity contribution in [2.24, 2.45) is 0 Å². The van der Waals surface area contributed by atoms with Crippen molar-refractivity contribution in [3.8, 4) is 0 Å². The minimum Gasteiger partial charge on any atom is -0.465 e. The van der Waals surface area contributed by atoms with Crippen molar-refractivity contribution in [3.05, 3.63) is 82.1 Å². The average Bonchev–Trinajstić information content (AvgIpc) is 2.80. The summed E-state index contributed by atoms with van der Waals surface area (Å²) in [6.45, 7) is 5.07. The standard InChI is InChI=1S/C26H26F3NO5/c1-15(2)35-25(33)23-16(3)30(14-17-6-5-7-19(12-17)24(32)34-4)22(31)13-21(23)18-8-10-20(11-9-18)26(27,28)29/h5-12,15,21H,13-14H2,1-4H3. The monoisotopic (exact) mass is 489 g/mol. The largest absolute Gasteiger partial charge is 0.465 e. The summed E-state index contributed by atoms with van der Waals surface area (Å²) in [5, 5.41) is 0. The molecule has 1 heterocycles. The summed E-state index contributed by atoms with van der Waals surface area (Å²) in [4.78, 5) is 39.5. The number of carbonyl (C=O) groups is 3. The van der Waals surface area contributed by atoms with Gasteiger partial charge in [0, 0.05) is 18.0 Å². The van der Waals surface area contributed by atoms with E-state index >= 15 is 0 Å². The summed E-state index contributed by atoms with van der Waals surface area (Å²) in [5.74, 6) is -2.22. The number of carbonyl (C=O) groups excluding carboxylic acids is 3. The van der Waals surface area contributed by atoms with E-state index in [0.29, 0.717) is 22.4 Å². The maximum absolute atomic E-state index is 13.2. The molecule has 0 fully saturated rings. The molecule has 186 valence electrons. The minimum absolute atomic E-state index is 0.0910. The summed E-state index contributed by atoms with van der Waals surface area (Å²) in [5.41, 5.74) is 1.11. The topological polar surface area (TPSA) is 72.9 Å². The minimum atomic E-state index is -4.50. The normalized spacial score (nSPS) is 16.5. The van der Waals surface area contributed by atoms with Crippen molar-refractivity contribution in [1.29, 1.82) is 0 Å². The molecule has 0 radical (unpaired) electrons. The number of amides is 1. The third kappa shape index (κ3) is 5.90. The van der Waals surface area contributed by atoms with Crippen LogP contribution in [-0.2, 0) is 31.8 Å². The van der Waals surface area contributed by atoms with E-state index in [0.717, 1.165) is 12.1 Å². The lowest BCUT2D eigenvalue weighted by Crippen LogP contribution is -2.38. The molecular weight excluding hydrogens is 463 g/mol. The van der Waals surface area contributed by atoms with Gasteiger partial charge in [-0.2, -0.15) is 13.2 Å². The van der Waals surface area contributed by atoms with Gasteiger partial charge in [-0.05, 0) is 56.2 Å². The summed E-state index contributed by atoms with van der Waals surface area (Å²) < 4.78 is 49.2. The Bertz CT molecular complexity index is 1150. The van der Waals surface area contributed by atoms with Crippen LogP contribution in [0.4, 0.5) is 13.2 Å². The molecule has 6 nitrogen and oxygen atoms in total. The highest BCUT2D eigenvalue weighted by Gasteiger charge is 2.38. The van der Waals surface area contributed by atoms with E-state index in [2.05, 4.69) is 0 Å². The van der Waals surface area contributed by atoms with Crippen molar-refractivity contribution >= 4 is 17.8 Å². The molecule has 1 unspecified atom stereocenters. The van der Waals surface area contributed by atoms with Gasteiger partial charge in [0.15, 0.2) is 0 Å². The number of alkyl halides is 3. The molecule has 3 rings (SSSR count). The highest BCUT2D eigenvalue weighted by molar-refractivity contribution is 5.96. The molecule has 0 saturated carbocycles. The first-order valence-corrected chi connectivity index (χ1v) is 11.0. The Morgan fingerprint density at radius 2 is 1.74 bits per heavy atom. The zero-order chi connectivity index (χ0) is 25.9. The number of methoxy groups -OCH3 is 1. The van der Waals surface area contributed by atoms with Crippen LogP contribution in [0.3, 0.4) is 0 Å². The first kappa shape index (κ1) is 26.0. The molecule has 1 amide bonds. The molecule has 0 aromatic heterocycles. The van der Waals surface area contributed by atoms with Gasteiger partial charge in [-0.25, -0.2) is 9.59 Å². The van der Waals surface area contributed by atoms with Gasteiger partial charge >= 0.3 is 18.1 Å². The van der Waals surface area contributed by atoms with E-state index < -0.39 is 35.7 Å². The maximum atomic E-state index is 13.2. The zero-order valence-corrected chi connectivity index (χ0v) is 19.8. The van der Waals surface area contributed by atoms with Crippen LogP contribution < -0.4 is 0 Å². The molecule has 0 spiro atoms. The molecule has 0 saturated heterocycles. The van der Waals surface area contributed by atoms with Crippen LogP contribution in [-0.4, -0.2) is 36.0 Å². The van der Waals surface area contributed by atoms with Gasteiger partial charge in [0.2, 0.25) is 5.91 Å². The lowest BCUT2D eigenvalue weighted by Gasteiger charge is -2.35. The van der Waals surface area contributed by atoms with Crippen LogP contribution in [0.5, 0.6) is 0 Å². The van der Waals surface area contributed by atoms with Crippen LogP contribution in [0.2, 0.25) is 0 Å². The number of benzene rings is 2. The third-order valence-electron chi connectivity index (χ3n) is 5.71. The molecule has 35 heavy (non-hydrogen) atoms. The Morgan fingerprint density at radius 3 is 2.31 bits per heavy atom. The predicted molar refractivity (Wildman–Crippen MR) is 121 cm³/mol. The Morgan fingerprint density at radius 1 is 1.09 bits per heavy atom. The second kappa shape index (κ2) is 10.3. The highest BCUT2D eigenvalue weighted by atomic mass is 19.4. The molecule has 1 atom stereocenters. The predicted octanol–water partition coefficient (Wildman–Crippen LogP) is 5.23. The Hall–Kier alpha value is -3.62. The van der Waals surface area contributed by atoms with Gasteiger partial charge in [0.1, 0.15) is 0 Å². The van der Waals surface area contributed by atoms with Crippen LogP contribution in [0.15, 0.2) is 59.8 Å². The van der Waals surface area contributed by atoms with Crippen LogP contribution in [0.25, 0.3) is 0 Å². The van der Waals surface area contributed by atoms with Gasteiger partial charge in [0.05, 0.1) is 36.5 Å². The number of hydrogen-bond donors (Lipinski definition) is 0. The van der Waals surface area contributed by atoms with Gasteiger partial charge in [-0.15, -0.1) is 0 Å². The van der Waals surface area contributed by atoms with Gasteiger partial charge in [-0.3, -0.25) is 4.79 Å². The molecule has 2 aromatic rings. The fourth-order valence-electron chi connectivity index (χ4n) is 4.03. The number of allylic oxidation sites excluding steroid dienone is 1. The molecule has 1 aliphatic rings. The van der Waals surface area contributed by atoms with Crippen molar-refractivity contribution in [3.63, 3.8) is 0 Å². The number of hydrogen-bond acceptors (Lipinski definition) is 5. The van der Waals surface area contributed by atoms with Crippen LogP contribution in [0, 0.1) is 0 Å². The number of rotatable bonds is 6. The number of ether oxygens (including phenoxy) is 2. The van der Waals surface area contributed by atoms with E-state index in [1.165, 1.54) is 24.1 Å². The average molecular weight is 489 g/mol. The van der Waals surface area contributed by atoms with Crippen molar-refractivity contribution in [2.75, 3.05) is 7.11 Å². The summed E-state index contributed by atoms with van der Waals surface area (Å²) in [6, 6.07) is 11.0. The van der Waals surface area contributed by atoms with E-state index in [-0.39, 0.29) is 24.4 Å². The number of esters is 2. The molecular formula is C26H26F3NO5. The van der Waals surface area contributed by atoms with E-state index in [9.17, 15) is 27.6 Å². The third-order valence-corrected chi connectivity index (χ3v) is 5.71. The van der Waals surface area contributed by atoms with E-state index in [1.54, 1.807) is 45.0 Å². The smallest absolute Gasteiger partial charge is 0.416 e. The fraction of sp³-hybridized carbons (Fsp3) is 0.346. The maximum Gasteiger partial charge on any atom is 0.416 e. The Balaban J connectivity index is 2.02. The summed E-state index contributed by atoms with van der Waals surface area (Å²) in [7, 11) is 1.27. The number of halogens is 3. The molecule has 9 heteroatoms. The van der Waals surface area contributed by atoms with Gasteiger partial charge < -0.3 is 14.4 Å². The lowest BCUT2D eigenvalue weighted by molar-refractivity contribution is -0.144. The molecule has 1 aliphatic heterocycles. The molecule has 2 aromatic carbocycles. The Kier molecular flexibility index (Phi) is 7.67. The van der Waals surface area contributed by atoms with Crippen molar-refractivity contribution in [2.45, 2.75) is 51.9 Å². The van der Waals surface area contributed by atoms with Crippen molar-refractivity contribution in [1.82, 2.24) is 4.90 Å². The summed E-state index contributed by atoms with van der Waals surface area (Å²) >= 11 is 0. The second-order valence-corrected chi connectivity index (χ2v) is 8.50. The highest BCUT2D eigenvalue weighted by Crippen LogP contribution is 2.39. The molecule has 0 N–H and O–H groups in total. The second-order valence-electron chi connectivity index (χ2n) is 8.50. The summed E-state index contributed by atoms with van der Waals surface area (Å²) in [6.07, 6.45) is -5.05. The first-order chi connectivity index (χ1) is 16.4. The van der Waals surface area contributed by atoms with Gasteiger partial charge in [0.25, 0.3) is 0 Å². The first-order valence-electron chi connectivity index (χ1n) is 11.0. The van der Waals surface area contributed by atoms with E-state index in [4.69, 9.17) is 9.47 Å². The molecule has 0 bridgehead atoms. The van der Waals surface area contributed by atoms with Crippen LogP contribution in [0.1, 0.15) is 60.2 Å². The van der Waals surface area contributed by atoms with Crippen LogP contribution >= 0.6 is 0 Å². The zero-order valence-electron chi connectivity index (χ0n) is 19.8. The quantitative estimate of drug-likeness (QED) is 0.520.